The fourth-order valence-corrected chi connectivity index (χ4v) is 2.52. The maximum absolute atomic E-state index is 6.03. The minimum atomic E-state index is 0.639. The molecule has 16 heavy (non-hydrogen) atoms. The Balaban J connectivity index is 2.30. The van der Waals surface area contributed by atoms with Gasteiger partial charge in [0.15, 0.2) is 0 Å². The van der Waals surface area contributed by atoms with Gasteiger partial charge < -0.3 is 10.6 Å². The van der Waals surface area contributed by atoms with E-state index < -0.39 is 0 Å². The maximum atomic E-state index is 6.03. The molecule has 1 aromatic rings. The molecule has 0 bridgehead atoms. The van der Waals surface area contributed by atoms with Gasteiger partial charge in [-0.15, -0.1) is 0 Å². The van der Waals surface area contributed by atoms with Gasteiger partial charge in [0.1, 0.15) is 0 Å². The summed E-state index contributed by atoms with van der Waals surface area (Å²) >= 11 is 3.55. The predicted octanol–water partition coefficient (Wildman–Crippen LogP) is 3.05. The summed E-state index contributed by atoms with van der Waals surface area (Å²) in [4.78, 5) is 6.51. The summed E-state index contributed by atoms with van der Waals surface area (Å²) in [6.45, 7) is 5.53. The fourth-order valence-electron chi connectivity index (χ4n) is 1.95. The molecule has 2 N–H and O–H groups in total. The molecule has 3 nitrogen and oxygen atoms in total. The lowest BCUT2D eigenvalue weighted by Gasteiger charge is -2.28. The molecule has 88 valence electrons. The zero-order chi connectivity index (χ0) is 11.7. The molecule has 0 spiro atoms. The normalized spacial score (nSPS) is 15.5. The van der Waals surface area contributed by atoms with Gasteiger partial charge in [-0.1, -0.05) is 13.8 Å². The first-order valence-corrected chi connectivity index (χ1v) is 6.54. The highest BCUT2D eigenvalue weighted by molar-refractivity contribution is 9.10. The van der Waals surface area contributed by atoms with Crippen molar-refractivity contribution in [3.05, 3.63) is 16.9 Å². The van der Waals surface area contributed by atoms with Crippen LogP contribution in [-0.4, -0.2) is 17.6 Å². The molecule has 1 aromatic heterocycles. The summed E-state index contributed by atoms with van der Waals surface area (Å²) < 4.78 is 1.00. The van der Waals surface area contributed by atoms with E-state index in [0.717, 1.165) is 22.4 Å². The second-order valence-electron chi connectivity index (χ2n) is 4.84. The van der Waals surface area contributed by atoms with Crippen LogP contribution in [0.4, 0.5) is 11.4 Å². The minimum Gasteiger partial charge on any atom is -0.396 e. The fraction of sp³-hybridized carbons (Fsp3) is 0.583. The molecule has 2 rings (SSSR count). The second kappa shape index (κ2) is 4.62. The number of hydrogen-bond donors (Lipinski definition) is 1. The van der Waals surface area contributed by atoms with Crippen molar-refractivity contribution >= 4 is 27.3 Å². The molecule has 0 saturated heterocycles. The standard InChI is InChI=1S/C12H18BrN3/c1-8(2)7-16(9-3-4-9)12-10(13)5-15-6-11(12)14/h5-6,8-9H,3-4,7,14H2,1-2H3. The van der Waals surface area contributed by atoms with Crippen molar-refractivity contribution in [1.29, 1.82) is 0 Å². The number of pyridine rings is 1. The number of aromatic nitrogens is 1. The Kier molecular flexibility index (Phi) is 3.38. The average molecular weight is 284 g/mol. The lowest BCUT2D eigenvalue weighted by atomic mass is 10.2. The maximum Gasteiger partial charge on any atom is 0.0778 e. The summed E-state index contributed by atoms with van der Waals surface area (Å²) in [6, 6.07) is 0.670. The third kappa shape index (κ3) is 2.48. The van der Waals surface area contributed by atoms with Crippen LogP contribution in [0.3, 0.4) is 0 Å². The molecule has 0 atom stereocenters. The molecule has 4 heteroatoms. The zero-order valence-corrected chi connectivity index (χ0v) is 11.4. The summed E-state index contributed by atoms with van der Waals surface area (Å²) in [5, 5.41) is 0. The van der Waals surface area contributed by atoms with Crippen molar-refractivity contribution in [3.8, 4) is 0 Å². The molecule has 1 saturated carbocycles. The lowest BCUT2D eigenvalue weighted by Crippen LogP contribution is -2.30. The predicted molar refractivity (Wildman–Crippen MR) is 71.6 cm³/mol. The Bertz CT molecular complexity index is 354. The van der Waals surface area contributed by atoms with Crippen molar-refractivity contribution in [3.63, 3.8) is 0 Å². The van der Waals surface area contributed by atoms with Crippen molar-refractivity contribution < 1.29 is 0 Å². The van der Waals surface area contributed by atoms with E-state index in [1.54, 1.807) is 6.20 Å². The van der Waals surface area contributed by atoms with Crippen LogP contribution in [0.25, 0.3) is 0 Å². The van der Waals surface area contributed by atoms with Crippen LogP contribution in [0.15, 0.2) is 16.9 Å². The quantitative estimate of drug-likeness (QED) is 0.924. The molecular weight excluding hydrogens is 266 g/mol. The van der Waals surface area contributed by atoms with Crippen LogP contribution >= 0.6 is 15.9 Å². The third-order valence-electron chi connectivity index (χ3n) is 2.74. The highest BCUT2D eigenvalue weighted by atomic mass is 79.9. The van der Waals surface area contributed by atoms with Gasteiger partial charge in [0.25, 0.3) is 0 Å². The summed E-state index contributed by atoms with van der Waals surface area (Å²) in [5.41, 5.74) is 7.91. The van der Waals surface area contributed by atoms with Crippen LogP contribution in [0.2, 0.25) is 0 Å². The van der Waals surface area contributed by atoms with Gasteiger partial charge in [-0.25, -0.2) is 0 Å². The largest absolute Gasteiger partial charge is 0.396 e. The molecule has 0 unspecified atom stereocenters. The van der Waals surface area contributed by atoms with E-state index in [1.165, 1.54) is 12.8 Å². The van der Waals surface area contributed by atoms with E-state index >= 15 is 0 Å². The van der Waals surface area contributed by atoms with Crippen molar-refractivity contribution in [2.75, 3.05) is 17.2 Å². The molecule has 0 aliphatic heterocycles. The van der Waals surface area contributed by atoms with E-state index in [-0.39, 0.29) is 0 Å². The Morgan fingerprint density at radius 1 is 1.50 bits per heavy atom. The van der Waals surface area contributed by atoms with Crippen molar-refractivity contribution in [2.24, 2.45) is 5.92 Å². The highest BCUT2D eigenvalue weighted by Gasteiger charge is 2.31. The molecule has 0 radical (unpaired) electrons. The minimum absolute atomic E-state index is 0.639. The Morgan fingerprint density at radius 2 is 2.19 bits per heavy atom. The lowest BCUT2D eigenvalue weighted by molar-refractivity contribution is 0.607. The monoisotopic (exact) mass is 283 g/mol. The first-order chi connectivity index (χ1) is 7.59. The molecule has 1 aliphatic carbocycles. The van der Waals surface area contributed by atoms with Gasteiger partial charge in [-0.3, -0.25) is 4.98 Å². The van der Waals surface area contributed by atoms with Crippen LogP contribution in [0, 0.1) is 5.92 Å². The first-order valence-electron chi connectivity index (χ1n) is 5.75. The second-order valence-corrected chi connectivity index (χ2v) is 5.69. The smallest absolute Gasteiger partial charge is 0.0778 e. The summed E-state index contributed by atoms with van der Waals surface area (Å²) in [7, 11) is 0. The number of halogens is 1. The summed E-state index contributed by atoms with van der Waals surface area (Å²) in [6.07, 6.45) is 6.11. The highest BCUT2D eigenvalue weighted by Crippen LogP contribution is 2.39. The van der Waals surface area contributed by atoms with Crippen LogP contribution in [-0.2, 0) is 0 Å². The molecular formula is C12H18BrN3. The molecule has 1 heterocycles. The third-order valence-corrected chi connectivity index (χ3v) is 3.32. The zero-order valence-electron chi connectivity index (χ0n) is 9.78. The number of hydrogen-bond acceptors (Lipinski definition) is 3. The Morgan fingerprint density at radius 3 is 2.69 bits per heavy atom. The number of nitrogen functional groups attached to an aromatic ring is 1. The van der Waals surface area contributed by atoms with Gasteiger partial charge in [0.05, 0.1) is 22.0 Å². The van der Waals surface area contributed by atoms with Gasteiger partial charge in [0.2, 0.25) is 0 Å². The average Bonchev–Trinajstić information content (AvgIpc) is 2.98. The van der Waals surface area contributed by atoms with Crippen LogP contribution in [0.5, 0.6) is 0 Å². The van der Waals surface area contributed by atoms with Crippen molar-refractivity contribution in [1.82, 2.24) is 4.98 Å². The summed E-state index contributed by atoms with van der Waals surface area (Å²) in [5.74, 6) is 0.639. The molecule has 0 amide bonds. The van der Waals surface area contributed by atoms with E-state index in [2.05, 4.69) is 39.7 Å². The number of nitrogens with zero attached hydrogens (tertiary/aromatic N) is 2. The van der Waals surface area contributed by atoms with E-state index in [9.17, 15) is 0 Å². The van der Waals surface area contributed by atoms with Gasteiger partial charge in [0, 0.05) is 18.8 Å². The van der Waals surface area contributed by atoms with Crippen LogP contribution in [0.1, 0.15) is 26.7 Å². The van der Waals surface area contributed by atoms with Gasteiger partial charge in [-0.05, 0) is 34.7 Å². The van der Waals surface area contributed by atoms with Gasteiger partial charge >= 0.3 is 0 Å². The molecule has 0 aromatic carbocycles. The molecule has 1 fully saturated rings. The number of rotatable bonds is 4. The number of nitrogens with two attached hydrogens (primary N) is 1. The Labute approximate surface area is 105 Å². The Hall–Kier alpha value is -0.770. The van der Waals surface area contributed by atoms with E-state index in [4.69, 9.17) is 5.73 Å². The van der Waals surface area contributed by atoms with Gasteiger partial charge in [-0.2, -0.15) is 0 Å². The number of anilines is 2. The van der Waals surface area contributed by atoms with Crippen molar-refractivity contribution in [2.45, 2.75) is 32.7 Å². The first kappa shape index (κ1) is 11.7. The van der Waals surface area contributed by atoms with Crippen LogP contribution < -0.4 is 10.6 Å². The molecule has 1 aliphatic rings. The van der Waals surface area contributed by atoms with E-state index in [1.807, 2.05) is 6.20 Å². The topological polar surface area (TPSA) is 42.1 Å². The van der Waals surface area contributed by atoms with E-state index in [0.29, 0.717) is 12.0 Å². The SMILES string of the molecule is CC(C)CN(c1c(N)cncc1Br)C1CC1.